The van der Waals surface area contributed by atoms with Crippen LogP contribution in [0.1, 0.15) is 53.9 Å². The van der Waals surface area contributed by atoms with Gasteiger partial charge in [0.2, 0.25) is 0 Å². The molecule has 1 fully saturated rings. The van der Waals surface area contributed by atoms with E-state index in [4.69, 9.17) is 4.74 Å². The van der Waals surface area contributed by atoms with E-state index in [1.807, 2.05) is 0 Å². The highest BCUT2D eigenvalue weighted by Crippen LogP contribution is 2.38. The van der Waals surface area contributed by atoms with Gasteiger partial charge in [-0.15, -0.1) is 0 Å². The molecule has 0 unspecified atom stereocenters. The minimum absolute atomic E-state index is 0.302. The van der Waals surface area contributed by atoms with Crippen molar-refractivity contribution in [2.45, 2.75) is 60.0 Å². The molecular weight excluding hydrogens is 208 g/mol. The first-order chi connectivity index (χ1) is 7.82. The quantitative estimate of drug-likeness (QED) is 0.641. The van der Waals surface area contributed by atoms with Gasteiger partial charge >= 0.3 is 0 Å². The largest absolute Gasteiger partial charge is 0.377 e. The predicted molar refractivity (Wildman–Crippen MR) is 75.1 cm³/mol. The summed E-state index contributed by atoms with van der Waals surface area (Å²) in [6, 6.07) is 0. The van der Waals surface area contributed by atoms with E-state index in [-0.39, 0.29) is 0 Å². The van der Waals surface area contributed by atoms with Crippen molar-refractivity contribution in [1.29, 1.82) is 0 Å². The first kappa shape index (κ1) is 14.5. The van der Waals surface area contributed by atoms with Gasteiger partial charge < -0.3 is 4.74 Å². The van der Waals surface area contributed by atoms with E-state index in [0.717, 1.165) is 19.4 Å². The third-order valence-corrected chi connectivity index (χ3v) is 3.62. The van der Waals surface area contributed by atoms with Crippen molar-refractivity contribution < 1.29 is 4.74 Å². The zero-order valence-electron chi connectivity index (χ0n) is 12.2. The summed E-state index contributed by atoms with van der Waals surface area (Å²) in [5.74, 6) is 0.532. The molecule has 1 rings (SSSR count). The van der Waals surface area contributed by atoms with Gasteiger partial charge in [-0.2, -0.15) is 0 Å². The van der Waals surface area contributed by atoms with E-state index in [2.05, 4.69) is 47.3 Å². The molecule has 0 spiro atoms. The fourth-order valence-corrected chi connectivity index (χ4v) is 2.50. The number of hydrogen-bond acceptors (Lipinski definition) is 1. The Morgan fingerprint density at radius 3 is 2.65 bits per heavy atom. The summed E-state index contributed by atoms with van der Waals surface area (Å²) in [4.78, 5) is 0. The van der Waals surface area contributed by atoms with Gasteiger partial charge in [-0.3, -0.25) is 0 Å². The zero-order chi connectivity index (χ0) is 13.1. The summed E-state index contributed by atoms with van der Waals surface area (Å²) in [5, 5.41) is 0. The number of hydrogen-bond donors (Lipinski definition) is 0. The van der Waals surface area contributed by atoms with E-state index in [1.54, 1.807) is 0 Å². The van der Waals surface area contributed by atoms with Gasteiger partial charge in [-0.1, -0.05) is 37.6 Å². The summed E-state index contributed by atoms with van der Waals surface area (Å²) in [6.45, 7) is 16.2. The number of allylic oxidation sites excluding steroid dienone is 2. The summed E-state index contributed by atoms with van der Waals surface area (Å²) >= 11 is 0. The average molecular weight is 236 g/mol. The molecule has 1 saturated heterocycles. The fourth-order valence-electron chi connectivity index (χ4n) is 2.50. The van der Waals surface area contributed by atoms with Gasteiger partial charge in [0.1, 0.15) is 0 Å². The van der Waals surface area contributed by atoms with Gasteiger partial charge in [0, 0.05) is 5.92 Å². The maximum Gasteiger partial charge on any atom is 0.0612 e. The van der Waals surface area contributed by atoms with Crippen LogP contribution in [0, 0.1) is 11.3 Å². The van der Waals surface area contributed by atoms with Crippen molar-refractivity contribution in [1.82, 2.24) is 0 Å². The third-order valence-electron chi connectivity index (χ3n) is 3.62. The molecule has 0 radical (unpaired) electrons. The molecule has 0 saturated carbocycles. The van der Waals surface area contributed by atoms with Crippen molar-refractivity contribution in [3.63, 3.8) is 0 Å². The third kappa shape index (κ3) is 4.67. The van der Waals surface area contributed by atoms with Crippen LogP contribution in [0.3, 0.4) is 0 Å². The van der Waals surface area contributed by atoms with Gasteiger partial charge in [-0.25, -0.2) is 0 Å². The van der Waals surface area contributed by atoms with Crippen molar-refractivity contribution in [3.05, 3.63) is 23.8 Å². The highest BCUT2D eigenvalue weighted by molar-refractivity contribution is 5.08. The second-order valence-electron chi connectivity index (χ2n) is 6.47. The Bertz CT molecular complexity index is 295. The van der Waals surface area contributed by atoms with Crippen LogP contribution in [-0.2, 0) is 4.74 Å². The number of ether oxygens (including phenoxy) is 1. The SMILES string of the molecule is C=C(CCC=C(C)C)[C@H]1CC(C)(C)CO[C@@H]1C. The van der Waals surface area contributed by atoms with Crippen molar-refractivity contribution in [2.24, 2.45) is 11.3 Å². The van der Waals surface area contributed by atoms with Crippen LogP contribution in [0.5, 0.6) is 0 Å². The minimum Gasteiger partial charge on any atom is -0.377 e. The van der Waals surface area contributed by atoms with Crippen LogP contribution in [0.2, 0.25) is 0 Å². The molecule has 0 aliphatic carbocycles. The second-order valence-corrected chi connectivity index (χ2v) is 6.47. The van der Waals surface area contributed by atoms with Crippen LogP contribution in [0.15, 0.2) is 23.8 Å². The van der Waals surface area contributed by atoms with Crippen LogP contribution < -0.4 is 0 Å². The second kappa shape index (κ2) is 5.86. The molecule has 0 aromatic carbocycles. The van der Waals surface area contributed by atoms with E-state index < -0.39 is 0 Å². The van der Waals surface area contributed by atoms with Gasteiger partial charge in [0.05, 0.1) is 12.7 Å². The highest BCUT2D eigenvalue weighted by Gasteiger charge is 2.34. The Morgan fingerprint density at radius 2 is 2.06 bits per heavy atom. The standard InChI is InChI=1S/C16H28O/c1-12(2)8-7-9-13(3)15-10-16(5,6)11-17-14(15)4/h8,14-15H,3,7,9-11H2,1-2,4-6H3/t14-,15-/m1/s1. The fraction of sp³-hybridized carbons (Fsp3) is 0.750. The highest BCUT2D eigenvalue weighted by atomic mass is 16.5. The molecule has 17 heavy (non-hydrogen) atoms. The van der Waals surface area contributed by atoms with Crippen LogP contribution in [0.25, 0.3) is 0 Å². The molecule has 0 N–H and O–H groups in total. The monoisotopic (exact) mass is 236 g/mol. The Hall–Kier alpha value is -0.560. The van der Waals surface area contributed by atoms with Crippen LogP contribution in [0.4, 0.5) is 0 Å². The van der Waals surface area contributed by atoms with E-state index >= 15 is 0 Å². The van der Waals surface area contributed by atoms with Crippen molar-refractivity contribution >= 4 is 0 Å². The zero-order valence-corrected chi connectivity index (χ0v) is 12.2. The molecule has 0 amide bonds. The Labute approximate surface area is 107 Å². The average Bonchev–Trinajstić information content (AvgIpc) is 2.21. The molecular formula is C16H28O. The topological polar surface area (TPSA) is 9.23 Å². The lowest BCUT2D eigenvalue weighted by Crippen LogP contribution is -2.38. The van der Waals surface area contributed by atoms with Gasteiger partial charge in [-0.05, 0) is 45.4 Å². The minimum atomic E-state index is 0.302. The lowest BCUT2D eigenvalue weighted by molar-refractivity contribution is -0.0672. The molecule has 2 atom stereocenters. The Morgan fingerprint density at radius 1 is 1.41 bits per heavy atom. The molecule has 0 bridgehead atoms. The van der Waals surface area contributed by atoms with Crippen molar-refractivity contribution in [3.8, 4) is 0 Å². The molecule has 0 aromatic heterocycles. The van der Waals surface area contributed by atoms with Crippen LogP contribution in [-0.4, -0.2) is 12.7 Å². The summed E-state index contributed by atoms with van der Waals surface area (Å²) in [6.07, 6.45) is 6.05. The summed E-state index contributed by atoms with van der Waals surface area (Å²) < 4.78 is 5.88. The molecule has 98 valence electrons. The summed E-state index contributed by atoms with van der Waals surface area (Å²) in [5.41, 5.74) is 3.06. The predicted octanol–water partition coefficient (Wildman–Crippen LogP) is 4.74. The van der Waals surface area contributed by atoms with E-state index in [1.165, 1.54) is 17.6 Å². The first-order valence-electron chi connectivity index (χ1n) is 6.74. The lowest BCUT2D eigenvalue weighted by Gasteiger charge is -2.40. The first-order valence-corrected chi connectivity index (χ1v) is 6.74. The molecule has 0 aromatic rings. The summed E-state index contributed by atoms with van der Waals surface area (Å²) in [7, 11) is 0. The normalized spacial score (nSPS) is 27.6. The van der Waals surface area contributed by atoms with Crippen molar-refractivity contribution in [2.75, 3.05) is 6.61 Å². The molecule has 1 heterocycles. The smallest absolute Gasteiger partial charge is 0.0612 e. The van der Waals surface area contributed by atoms with E-state index in [0.29, 0.717) is 17.4 Å². The van der Waals surface area contributed by atoms with E-state index in [9.17, 15) is 0 Å². The van der Waals surface area contributed by atoms with Gasteiger partial charge in [0.25, 0.3) is 0 Å². The maximum atomic E-state index is 5.88. The maximum absolute atomic E-state index is 5.88. The van der Waals surface area contributed by atoms with Gasteiger partial charge in [0.15, 0.2) is 0 Å². The molecule has 1 aliphatic rings. The molecule has 1 aliphatic heterocycles. The van der Waals surface area contributed by atoms with Crippen LogP contribution >= 0.6 is 0 Å². The number of rotatable bonds is 4. The Balaban J connectivity index is 2.52. The Kier molecular flexibility index (Phi) is 5.00. The lowest BCUT2D eigenvalue weighted by atomic mass is 9.75. The molecule has 1 heteroatoms. The molecule has 1 nitrogen and oxygen atoms in total.